The van der Waals surface area contributed by atoms with Crippen molar-refractivity contribution in [2.75, 3.05) is 37.4 Å². The highest BCUT2D eigenvalue weighted by Crippen LogP contribution is 2.34. The minimum Gasteiger partial charge on any atom is -0.465 e. The molecule has 0 fully saturated rings. The number of benzene rings is 1. The summed E-state index contributed by atoms with van der Waals surface area (Å²) < 4.78 is 9.88. The summed E-state index contributed by atoms with van der Waals surface area (Å²) in [4.78, 5) is 39.2. The second-order valence-corrected chi connectivity index (χ2v) is 8.04. The van der Waals surface area contributed by atoms with Crippen molar-refractivity contribution in [2.24, 2.45) is 0 Å². The number of nitrogens with zero attached hydrogens (tertiary/aromatic N) is 1. The Bertz CT molecular complexity index is 998. The number of amides is 1. The van der Waals surface area contributed by atoms with Crippen molar-refractivity contribution >= 4 is 57.2 Å². The molecule has 0 saturated heterocycles. The zero-order valence-electron chi connectivity index (χ0n) is 18.7. The summed E-state index contributed by atoms with van der Waals surface area (Å²) in [6.45, 7) is 8.68. The van der Waals surface area contributed by atoms with Gasteiger partial charge in [0.05, 0.1) is 29.7 Å². The fourth-order valence-corrected chi connectivity index (χ4v) is 4.43. The lowest BCUT2D eigenvalue weighted by Crippen LogP contribution is -2.30. The summed E-state index contributed by atoms with van der Waals surface area (Å²) in [5, 5.41) is 6.65. The summed E-state index contributed by atoms with van der Waals surface area (Å²) in [5.74, 6) is -1.10. The number of thiophene rings is 1. The lowest BCUT2D eigenvalue weighted by Gasteiger charge is -2.17. The summed E-state index contributed by atoms with van der Waals surface area (Å²) in [7, 11) is 1.29. The molecule has 0 aliphatic carbocycles. The fraction of sp³-hybridized carbons (Fsp3) is 0.364. The number of ether oxygens (including phenoxy) is 2. The molecule has 8 nitrogen and oxygen atoms in total. The third-order valence-electron chi connectivity index (χ3n) is 4.66. The van der Waals surface area contributed by atoms with E-state index in [2.05, 4.69) is 10.6 Å². The van der Waals surface area contributed by atoms with Crippen LogP contribution in [-0.2, 0) is 9.47 Å². The van der Waals surface area contributed by atoms with Crippen LogP contribution in [-0.4, -0.2) is 54.7 Å². The van der Waals surface area contributed by atoms with Crippen molar-refractivity contribution in [1.82, 2.24) is 4.90 Å². The van der Waals surface area contributed by atoms with Crippen molar-refractivity contribution in [3.05, 3.63) is 45.8 Å². The minimum atomic E-state index is -0.554. The maximum absolute atomic E-state index is 12.9. The van der Waals surface area contributed by atoms with Crippen LogP contribution in [0.1, 0.15) is 56.7 Å². The van der Waals surface area contributed by atoms with Gasteiger partial charge in [-0.2, -0.15) is 0 Å². The number of rotatable bonds is 8. The maximum Gasteiger partial charge on any atom is 0.341 e. The first-order valence-corrected chi connectivity index (χ1v) is 11.4. The van der Waals surface area contributed by atoms with Gasteiger partial charge in [-0.25, -0.2) is 9.59 Å². The normalized spacial score (nSPS) is 10.3. The zero-order chi connectivity index (χ0) is 23.8. The van der Waals surface area contributed by atoms with Gasteiger partial charge in [0.15, 0.2) is 5.11 Å². The molecule has 10 heteroatoms. The van der Waals surface area contributed by atoms with Crippen LogP contribution < -0.4 is 10.6 Å². The van der Waals surface area contributed by atoms with Crippen LogP contribution in [0.3, 0.4) is 0 Å². The van der Waals surface area contributed by atoms with Crippen molar-refractivity contribution < 1.29 is 23.9 Å². The molecule has 0 unspecified atom stereocenters. The molecule has 0 aliphatic rings. The number of nitrogens with one attached hydrogen (secondary N) is 2. The molecule has 1 aromatic carbocycles. The van der Waals surface area contributed by atoms with Crippen LogP contribution in [0.25, 0.3) is 0 Å². The monoisotopic (exact) mass is 477 g/mol. The highest BCUT2D eigenvalue weighted by molar-refractivity contribution is 7.80. The average molecular weight is 478 g/mol. The zero-order valence-corrected chi connectivity index (χ0v) is 20.4. The Kier molecular flexibility index (Phi) is 9.15. The number of carbonyl (C=O) groups excluding carboxylic acids is 3. The summed E-state index contributed by atoms with van der Waals surface area (Å²) >= 11 is 6.54. The number of hydrogen-bond acceptors (Lipinski definition) is 7. The van der Waals surface area contributed by atoms with E-state index in [9.17, 15) is 14.4 Å². The molecule has 1 aromatic heterocycles. The molecule has 0 aliphatic heterocycles. The van der Waals surface area contributed by atoms with Gasteiger partial charge in [-0.05, 0) is 69.7 Å². The number of anilines is 2. The SMILES string of the molecule is CCOC(=O)c1ccc(NC(=S)Nc2sc(C(=O)N(CC)CC)c(C)c2C(=O)OC)cc1. The van der Waals surface area contributed by atoms with E-state index < -0.39 is 11.9 Å². The fourth-order valence-electron chi connectivity index (χ4n) is 2.98. The molecule has 0 atom stereocenters. The van der Waals surface area contributed by atoms with Crippen LogP contribution in [0.2, 0.25) is 0 Å². The van der Waals surface area contributed by atoms with E-state index in [1.165, 1.54) is 7.11 Å². The molecule has 1 heterocycles. The van der Waals surface area contributed by atoms with E-state index in [4.69, 9.17) is 21.7 Å². The van der Waals surface area contributed by atoms with E-state index >= 15 is 0 Å². The summed E-state index contributed by atoms with van der Waals surface area (Å²) in [6, 6.07) is 6.63. The van der Waals surface area contributed by atoms with Gasteiger partial charge in [0, 0.05) is 18.8 Å². The van der Waals surface area contributed by atoms with E-state index in [1.54, 1.807) is 43.0 Å². The smallest absolute Gasteiger partial charge is 0.341 e. The predicted molar refractivity (Wildman–Crippen MR) is 130 cm³/mol. The van der Waals surface area contributed by atoms with Gasteiger partial charge in [0.1, 0.15) is 5.00 Å². The maximum atomic E-state index is 12.9. The Morgan fingerprint density at radius 2 is 1.66 bits per heavy atom. The average Bonchev–Trinajstić information content (AvgIpc) is 3.10. The summed E-state index contributed by atoms with van der Waals surface area (Å²) in [5.41, 5.74) is 1.89. The number of methoxy groups -OCH3 is 1. The molecule has 1 amide bonds. The molecule has 0 saturated carbocycles. The highest BCUT2D eigenvalue weighted by atomic mass is 32.1. The first-order chi connectivity index (χ1) is 15.3. The first kappa shape index (κ1) is 25.3. The molecule has 0 spiro atoms. The third kappa shape index (κ3) is 5.83. The van der Waals surface area contributed by atoms with Crippen LogP contribution in [0.4, 0.5) is 10.7 Å². The molecule has 0 bridgehead atoms. The Morgan fingerprint density at radius 3 is 2.19 bits per heavy atom. The lowest BCUT2D eigenvalue weighted by atomic mass is 10.1. The molecule has 32 heavy (non-hydrogen) atoms. The van der Waals surface area contributed by atoms with Gasteiger partial charge >= 0.3 is 11.9 Å². The van der Waals surface area contributed by atoms with Gasteiger partial charge in [0.25, 0.3) is 5.91 Å². The molecule has 0 radical (unpaired) electrons. The Hall–Kier alpha value is -2.98. The predicted octanol–water partition coefficient (Wildman–Crippen LogP) is 4.31. The Labute approximate surface area is 196 Å². The molecule has 172 valence electrons. The molecule has 2 N–H and O–H groups in total. The second kappa shape index (κ2) is 11.6. The first-order valence-electron chi connectivity index (χ1n) is 10.1. The van der Waals surface area contributed by atoms with E-state index in [0.29, 0.717) is 46.4 Å². The Morgan fingerprint density at radius 1 is 1.03 bits per heavy atom. The molecular weight excluding hydrogens is 450 g/mol. The lowest BCUT2D eigenvalue weighted by molar-refractivity contribution is 0.0525. The quantitative estimate of drug-likeness (QED) is 0.429. The van der Waals surface area contributed by atoms with Gasteiger partial charge in [-0.3, -0.25) is 4.79 Å². The minimum absolute atomic E-state index is 0.149. The third-order valence-corrected chi connectivity index (χ3v) is 6.06. The van der Waals surface area contributed by atoms with Crippen molar-refractivity contribution in [3.63, 3.8) is 0 Å². The number of esters is 2. The highest BCUT2D eigenvalue weighted by Gasteiger charge is 2.27. The standard InChI is InChI=1S/C22H27N3O5S2/c1-6-25(7-2)19(26)17-13(4)16(21(28)29-5)18(32-17)24-22(31)23-15-11-9-14(10-12-15)20(27)30-8-3/h9-12H,6-8H2,1-5H3,(H2,23,24,31). The Balaban J connectivity index is 2.24. The van der Waals surface area contributed by atoms with Crippen LogP contribution in [0, 0.1) is 6.92 Å². The topological polar surface area (TPSA) is 97.0 Å². The largest absolute Gasteiger partial charge is 0.465 e. The molecule has 2 aromatic rings. The number of hydrogen-bond donors (Lipinski definition) is 2. The van der Waals surface area contributed by atoms with Gasteiger partial charge in [-0.1, -0.05) is 0 Å². The molecule has 2 rings (SSSR count). The van der Waals surface area contributed by atoms with E-state index in [0.717, 1.165) is 11.3 Å². The van der Waals surface area contributed by atoms with Gasteiger partial charge in [0.2, 0.25) is 0 Å². The van der Waals surface area contributed by atoms with Crippen LogP contribution in [0.5, 0.6) is 0 Å². The number of thiocarbonyl (C=S) groups is 1. The van der Waals surface area contributed by atoms with Gasteiger partial charge in [-0.15, -0.1) is 11.3 Å². The second-order valence-electron chi connectivity index (χ2n) is 6.61. The van der Waals surface area contributed by atoms with E-state index in [-0.39, 0.29) is 16.6 Å². The van der Waals surface area contributed by atoms with E-state index in [1.807, 2.05) is 13.8 Å². The summed E-state index contributed by atoms with van der Waals surface area (Å²) in [6.07, 6.45) is 0. The van der Waals surface area contributed by atoms with Crippen LogP contribution in [0.15, 0.2) is 24.3 Å². The van der Waals surface area contributed by atoms with Crippen molar-refractivity contribution in [2.45, 2.75) is 27.7 Å². The van der Waals surface area contributed by atoms with Gasteiger partial charge < -0.3 is 25.0 Å². The number of carbonyl (C=O) groups is 3. The van der Waals surface area contributed by atoms with Crippen molar-refractivity contribution in [3.8, 4) is 0 Å². The van der Waals surface area contributed by atoms with Crippen molar-refractivity contribution in [1.29, 1.82) is 0 Å². The van der Waals surface area contributed by atoms with Crippen LogP contribution >= 0.6 is 23.6 Å². The molecular formula is C22H27N3O5S2.